The van der Waals surface area contributed by atoms with E-state index in [1.807, 2.05) is 13.0 Å². The van der Waals surface area contributed by atoms with Gasteiger partial charge in [0.2, 0.25) is 0 Å². The number of esters is 1. The predicted molar refractivity (Wildman–Crippen MR) is 90.0 cm³/mol. The highest BCUT2D eigenvalue weighted by molar-refractivity contribution is 6.32. The average molecular weight is 366 g/mol. The third-order valence-corrected chi connectivity index (χ3v) is 3.77. The van der Waals surface area contributed by atoms with Gasteiger partial charge in [-0.1, -0.05) is 23.2 Å². The topological polar surface area (TPSA) is 68.5 Å². The summed E-state index contributed by atoms with van der Waals surface area (Å²) in [6.07, 6.45) is 0. The second-order valence-electron chi connectivity index (χ2n) is 4.77. The molecule has 0 aliphatic heterocycles. The third kappa shape index (κ3) is 4.31. The lowest BCUT2D eigenvalue weighted by Crippen LogP contribution is -2.18. The first-order chi connectivity index (χ1) is 11.4. The number of benzene rings is 2. The van der Waals surface area contributed by atoms with Crippen LogP contribution in [0.25, 0.3) is 0 Å². The quantitative estimate of drug-likeness (QED) is 0.587. The summed E-state index contributed by atoms with van der Waals surface area (Å²) in [5.41, 5.74) is 1.13. The molecule has 24 heavy (non-hydrogen) atoms. The number of hydrogen-bond donors (Lipinski definition) is 0. The molecule has 0 unspecified atom stereocenters. The number of carbonyl (C=O) groups is 1. The lowest BCUT2D eigenvalue weighted by Gasteiger charge is -2.12. The van der Waals surface area contributed by atoms with E-state index in [0.29, 0.717) is 16.3 Å². The summed E-state index contributed by atoms with van der Waals surface area (Å²) in [4.78, 5) is 12.0. The molecule has 0 N–H and O–H groups in total. The van der Waals surface area contributed by atoms with Gasteiger partial charge in [0, 0.05) is 11.1 Å². The van der Waals surface area contributed by atoms with Gasteiger partial charge >= 0.3 is 5.97 Å². The Morgan fingerprint density at radius 1 is 1.21 bits per heavy atom. The summed E-state index contributed by atoms with van der Waals surface area (Å²) in [5.74, 6) is 0.0630. The van der Waals surface area contributed by atoms with Crippen LogP contribution in [0.3, 0.4) is 0 Å². The van der Waals surface area contributed by atoms with Crippen LogP contribution in [0.2, 0.25) is 10.0 Å². The summed E-state index contributed by atoms with van der Waals surface area (Å²) in [6, 6.07) is 9.80. The SMILES string of the molecule is COc1cc(C#N)cc(Cl)c1OC(=O)COc1ccc(Cl)c(C)c1. The number of nitriles is 1. The Bertz CT molecular complexity index is 815. The van der Waals surface area contributed by atoms with Crippen molar-refractivity contribution in [3.8, 4) is 23.3 Å². The van der Waals surface area contributed by atoms with Gasteiger partial charge < -0.3 is 14.2 Å². The number of ether oxygens (including phenoxy) is 3. The molecule has 0 spiro atoms. The first-order valence-corrected chi connectivity index (χ1v) is 7.57. The number of hydrogen-bond acceptors (Lipinski definition) is 5. The molecule has 0 radical (unpaired) electrons. The fraction of sp³-hybridized carbons (Fsp3) is 0.176. The number of methoxy groups -OCH3 is 1. The van der Waals surface area contributed by atoms with E-state index in [-0.39, 0.29) is 23.1 Å². The van der Waals surface area contributed by atoms with Crippen molar-refractivity contribution in [1.29, 1.82) is 5.26 Å². The minimum atomic E-state index is -0.660. The molecular weight excluding hydrogens is 353 g/mol. The van der Waals surface area contributed by atoms with E-state index < -0.39 is 5.97 Å². The Morgan fingerprint density at radius 3 is 2.58 bits per heavy atom. The average Bonchev–Trinajstić information content (AvgIpc) is 2.57. The molecule has 124 valence electrons. The smallest absolute Gasteiger partial charge is 0.349 e. The number of rotatable bonds is 5. The highest BCUT2D eigenvalue weighted by Gasteiger charge is 2.16. The summed E-state index contributed by atoms with van der Waals surface area (Å²) in [5, 5.41) is 9.61. The summed E-state index contributed by atoms with van der Waals surface area (Å²) in [6.45, 7) is 1.51. The standard InChI is InChI=1S/C17H13Cl2NO4/c1-10-5-12(3-4-13(10)18)23-9-16(21)24-17-14(19)6-11(8-20)7-15(17)22-2/h3-7H,9H2,1-2H3. The molecular formula is C17H13Cl2NO4. The molecule has 0 aromatic heterocycles. The van der Waals surface area contributed by atoms with Crippen LogP contribution in [0.4, 0.5) is 0 Å². The minimum Gasteiger partial charge on any atom is -0.493 e. The normalized spacial score (nSPS) is 9.96. The van der Waals surface area contributed by atoms with Crippen molar-refractivity contribution >= 4 is 29.2 Å². The van der Waals surface area contributed by atoms with E-state index in [0.717, 1.165) is 5.56 Å². The summed E-state index contributed by atoms with van der Waals surface area (Å²) >= 11 is 12.0. The fourth-order valence-electron chi connectivity index (χ4n) is 1.88. The van der Waals surface area contributed by atoms with Crippen LogP contribution >= 0.6 is 23.2 Å². The molecule has 5 nitrogen and oxygen atoms in total. The van der Waals surface area contributed by atoms with Gasteiger partial charge in [0.1, 0.15) is 5.75 Å². The van der Waals surface area contributed by atoms with E-state index in [9.17, 15) is 4.79 Å². The molecule has 0 aliphatic rings. The van der Waals surface area contributed by atoms with Gasteiger partial charge in [0.05, 0.1) is 23.8 Å². The molecule has 0 fully saturated rings. The monoisotopic (exact) mass is 365 g/mol. The highest BCUT2D eigenvalue weighted by Crippen LogP contribution is 2.36. The predicted octanol–water partition coefficient (Wildman–Crippen LogP) is 4.17. The zero-order valence-corrected chi connectivity index (χ0v) is 14.4. The molecule has 2 rings (SSSR count). The second-order valence-corrected chi connectivity index (χ2v) is 5.59. The zero-order valence-electron chi connectivity index (χ0n) is 12.9. The molecule has 2 aromatic carbocycles. The number of halogens is 2. The molecule has 0 saturated carbocycles. The molecule has 7 heteroatoms. The second kappa shape index (κ2) is 7.91. The molecule has 0 bridgehead atoms. The van der Waals surface area contributed by atoms with Gasteiger partial charge in [-0.3, -0.25) is 0 Å². The maximum absolute atomic E-state index is 12.0. The van der Waals surface area contributed by atoms with E-state index in [4.69, 9.17) is 42.7 Å². The lowest BCUT2D eigenvalue weighted by molar-refractivity contribution is -0.136. The summed E-state index contributed by atoms with van der Waals surface area (Å²) in [7, 11) is 1.39. The van der Waals surface area contributed by atoms with Gasteiger partial charge in [-0.15, -0.1) is 0 Å². The number of carbonyl (C=O) groups excluding carboxylic acids is 1. The Kier molecular flexibility index (Phi) is 5.91. The molecule has 0 atom stereocenters. The van der Waals surface area contributed by atoms with Crippen LogP contribution in [0, 0.1) is 18.3 Å². The number of nitrogens with zero attached hydrogens (tertiary/aromatic N) is 1. The Labute approximate surface area is 149 Å². The van der Waals surface area contributed by atoms with Crippen LogP contribution in [0.15, 0.2) is 30.3 Å². The van der Waals surface area contributed by atoms with Gasteiger partial charge in [-0.05, 0) is 36.8 Å². The number of aryl methyl sites for hydroxylation is 1. The maximum atomic E-state index is 12.0. The largest absolute Gasteiger partial charge is 0.493 e. The first-order valence-electron chi connectivity index (χ1n) is 6.82. The van der Waals surface area contributed by atoms with E-state index in [2.05, 4.69) is 0 Å². The van der Waals surface area contributed by atoms with Gasteiger partial charge in [0.25, 0.3) is 0 Å². The van der Waals surface area contributed by atoms with Crippen molar-refractivity contribution in [2.75, 3.05) is 13.7 Å². The first kappa shape index (κ1) is 17.9. The zero-order chi connectivity index (χ0) is 17.7. The Morgan fingerprint density at radius 2 is 1.96 bits per heavy atom. The highest BCUT2D eigenvalue weighted by atomic mass is 35.5. The van der Waals surface area contributed by atoms with Crippen LogP contribution in [-0.4, -0.2) is 19.7 Å². The van der Waals surface area contributed by atoms with E-state index in [1.54, 1.807) is 18.2 Å². The molecule has 0 saturated heterocycles. The lowest BCUT2D eigenvalue weighted by atomic mass is 10.2. The van der Waals surface area contributed by atoms with Gasteiger partial charge in [0.15, 0.2) is 18.1 Å². The Balaban J connectivity index is 2.07. The fourth-order valence-corrected chi connectivity index (χ4v) is 2.24. The van der Waals surface area contributed by atoms with Crippen LogP contribution < -0.4 is 14.2 Å². The third-order valence-electron chi connectivity index (χ3n) is 3.06. The van der Waals surface area contributed by atoms with Crippen LogP contribution in [0.1, 0.15) is 11.1 Å². The van der Waals surface area contributed by atoms with Crippen molar-refractivity contribution in [3.05, 3.63) is 51.5 Å². The minimum absolute atomic E-state index is 0.0408. The van der Waals surface area contributed by atoms with Crippen molar-refractivity contribution in [2.45, 2.75) is 6.92 Å². The van der Waals surface area contributed by atoms with E-state index >= 15 is 0 Å². The van der Waals surface area contributed by atoms with Crippen molar-refractivity contribution < 1.29 is 19.0 Å². The maximum Gasteiger partial charge on any atom is 0.349 e. The molecule has 0 amide bonds. The molecule has 0 aliphatic carbocycles. The van der Waals surface area contributed by atoms with Crippen molar-refractivity contribution in [1.82, 2.24) is 0 Å². The van der Waals surface area contributed by atoms with E-state index in [1.165, 1.54) is 19.2 Å². The summed E-state index contributed by atoms with van der Waals surface area (Å²) < 4.78 is 15.6. The molecule has 0 heterocycles. The Hall–Kier alpha value is -2.42. The van der Waals surface area contributed by atoms with Crippen LogP contribution in [0.5, 0.6) is 17.2 Å². The van der Waals surface area contributed by atoms with Crippen molar-refractivity contribution in [2.24, 2.45) is 0 Å². The van der Waals surface area contributed by atoms with Crippen LogP contribution in [-0.2, 0) is 4.79 Å². The molecule has 2 aromatic rings. The van der Waals surface area contributed by atoms with Gasteiger partial charge in [-0.2, -0.15) is 5.26 Å². The van der Waals surface area contributed by atoms with Crippen molar-refractivity contribution in [3.63, 3.8) is 0 Å². The van der Waals surface area contributed by atoms with Gasteiger partial charge in [-0.25, -0.2) is 4.79 Å².